The number of hydrogen-bond donors (Lipinski definition) is 1. The number of hydrogen-bond acceptors (Lipinski definition) is 4. The molecule has 1 atom stereocenters. The molecule has 1 aromatic heterocycles. The molecule has 1 amide bonds. The zero-order valence-corrected chi connectivity index (χ0v) is 14.5. The smallest absolute Gasteiger partial charge is 0.227 e. The van der Waals surface area contributed by atoms with Gasteiger partial charge in [0.2, 0.25) is 17.6 Å². The fourth-order valence-electron chi connectivity index (χ4n) is 3.45. The molecule has 26 heavy (non-hydrogen) atoms. The van der Waals surface area contributed by atoms with Gasteiger partial charge >= 0.3 is 0 Å². The van der Waals surface area contributed by atoms with Crippen molar-refractivity contribution in [3.05, 3.63) is 71.6 Å². The lowest BCUT2D eigenvalue weighted by Gasteiger charge is -2.26. The standard InChI is InChI=1S/C21H21N3O2/c25-19(22-18-12-6-10-15-7-4-5-11-17(15)18)13-14-20-23-21(24-26-20)16-8-2-1-3-9-16/h1-5,7-9,11,18H,6,10,12-14H2,(H,22,25)/t18-/m1/s1. The highest BCUT2D eigenvalue weighted by molar-refractivity contribution is 5.76. The first-order valence-corrected chi connectivity index (χ1v) is 9.05. The second-order valence-corrected chi connectivity index (χ2v) is 6.59. The Labute approximate surface area is 152 Å². The molecule has 3 aromatic rings. The molecular formula is C21H21N3O2. The number of benzene rings is 2. The number of carbonyl (C=O) groups is 1. The second-order valence-electron chi connectivity index (χ2n) is 6.59. The monoisotopic (exact) mass is 347 g/mol. The molecule has 0 saturated carbocycles. The van der Waals surface area contributed by atoms with Crippen LogP contribution < -0.4 is 5.32 Å². The van der Waals surface area contributed by atoms with Crippen LogP contribution in [-0.2, 0) is 17.6 Å². The van der Waals surface area contributed by atoms with E-state index in [1.54, 1.807) is 0 Å². The summed E-state index contributed by atoms with van der Waals surface area (Å²) >= 11 is 0. The number of nitrogens with one attached hydrogen (secondary N) is 1. The van der Waals surface area contributed by atoms with E-state index in [1.165, 1.54) is 11.1 Å². The summed E-state index contributed by atoms with van der Waals surface area (Å²) < 4.78 is 5.27. The van der Waals surface area contributed by atoms with Crippen molar-refractivity contribution in [1.82, 2.24) is 15.5 Å². The summed E-state index contributed by atoms with van der Waals surface area (Å²) in [5.74, 6) is 1.07. The largest absolute Gasteiger partial charge is 0.349 e. The molecule has 1 aliphatic carbocycles. The topological polar surface area (TPSA) is 68.0 Å². The van der Waals surface area contributed by atoms with E-state index in [0.717, 1.165) is 24.8 Å². The molecule has 4 rings (SSSR count). The van der Waals surface area contributed by atoms with E-state index in [-0.39, 0.29) is 11.9 Å². The number of carbonyl (C=O) groups excluding carboxylic acids is 1. The van der Waals surface area contributed by atoms with Gasteiger partial charge in [-0.1, -0.05) is 59.8 Å². The van der Waals surface area contributed by atoms with Gasteiger partial charge in [0.1, 0.15) is 0 Å². The Morgan fingerprint density at radius 3 is 2.81 bits per heavy atom. The fourth-order valence-corrected chi connectivity index (χ4v) is 3.45. The van der Waals surface area contributed by atoms with E-state index >= 15 is 0 Å². The highest BCUT2D eigenvalue weighted by atomic mass is 16.5. The summed E-state index contributed by atoms with van der Waals surface area (Å²) in [6.45, 7) is 0. The second kappa shape index (κ2) is 7.52. The number of amides is 1. The van der Waals surface area contributed by atoms with Crippen LogP contribution in [0.1, 0.15) is 42.3 Å². The Bertz CT molecular complexity index is 889. The molecule has 132 valence electrons. The molecule has 0 radical (unpaired) electrons. The van der Waals surface area contributed by atoms with Crippen LogP contribution in [0.5, 0.6) is 0 Å². The maximum absolute atomic E-state index is 12.4. The van der Waals surface area contributed by atoms with Crippen LogP contribution in [0.4, 0.5) is 0 Å². The summed E-state index contributed by atoms with van der Waals surface area (Å²) in [6, 6.07) is 18.1. The molecule has 5 heteroatoms. The summed E-state index contributed by atoms with van der Waals surface area (Å²) in [5, 5.41) is 7.15. The molecule has 0 saturated heterocycles. The zero-order chi connectivity index (χ0) is 17.8. The zero-order valence-electron chi connectivity index (χ0n) is 14.5. The van der Waals surface area contributed by atoms with Crippen LogP contribution in [0.3, 0.4) is 0 Å². The van der Waals surface area contributed by atoms with Gasteiger partial charge in [0.25, 0.3) is 0 Å². The molecule has 1 aliphatic rings. The first-order chi connectivity index (χ1) is 12.8. The van der Waals surface area contributed by atoms with Gasteiger partial charge in [-0.3, -0.25) is 4.79 Å². The summed E-state index contributed by atoms with van der Waals surface area (Å²) in [6.07, 6.45) is 3.97. The van der Waals surface area contributed by atoms with Gasteiger partial charge in [0, 0.05) is 18.4 Å². The van der Waals surface area contributed by atoms with Crippen molar-refractivity contribution in [2.45, 2.75) is 38.1 Å². The van der Waals surface area contributed by atoms with Crippen LogP contribution in [0.25, 0.3) is 11.4 Å². The molecule has 0 bridgehead atoms. The van der Waals surface area contributed by atoms with Crippen molar-refractivity contribution in [2.75, 3.05) is 0 Å². The predicted octanol–water partition coefficient (Wildman–Crippen LogP) is 3.86. The van der Waals surface area contributed by atoms with Gasteiger partial charge in [-0.2, -0.15) is 4.98 Å². The average Bonchev–Trinajstić information content (AvgIpc) is 3.17. The van der Waals surface area contributed by atoms with Gasteiger partial charge < -0.3 is 9.84 Å². The van der Waals surface area contributed by atoms with Crippen LogP contribution in [0.15, 0.2) is 59.1 Å². The first kappa shape index (κ1) is 16.5. The summed E-state index contributed by atoms with van der Waals surface area (Å²) in [5.41, 5.74) is 3.50. The van der Waals surface area contributed by atoms with Gasteiger partial charge in [-0.15, -0.1) is 0 Å². The quantitative estimate of drug-likeness (QED) is 0.761. The maximum Gasteiger partial charge on any atom is 0.227 e. The van der Waals surface area contributed by atoms with Crippen molar-refractivity contribution in [3.63, 3.8) is 0 Å². The van der Waals surface area contributed by atoms with Crippen molar-refractivity contribution in [2.24, 2.45) is 0 Å². The molecule has 1 N–H and O–H groups in total. The Morgan fingerprint density at radius 2 is 1.92 bits per heavy atom. The third-order valence-electron chi connectivity index (χ3n) is 4.77. The van der Waals surface area contributed by atoms with E-state index in [2.05, 4.69) is 33.7 Å². The van der Waals surface area contributed by atoms with Crippen LogP contribution in [0.2, 0.25) is 0 Å². The average molecular weight is 347 g/mol. The third-order valence-corrected chi connectivity index (χ3v) is 4.77. The highest BCUT2D eigenvalue weighted by Gasteiger charge is 2.21. The molecule has 2 aromatic carbocycles. The lowest BCUT2D eigenvalue weighted by Crippen LogP contribution is -2.31. The lowest BCUT2D eigenvalue weighted by atomic mass is 9.87. The van der Waals surface area contributed by atoms with Crippen LogP contribution in [0, 0.1) is 0 Å². The molecule has 0 spiro atoms. The highest BCUT2D eigenvalue weighted by Crippen LogP contribution is 2.29. The van der Waals surface area contributed by atoms with E-state index in [4.69, 9.17) is 4.52 Å². The number of nitrogens with zero attached hydrogens (tertiary/aromatic N) is 2. The van der Waals surface area contributed by atoms with Gasteiger partial charge in [-0.25, -0.2) is 0 Å². The number of fused-ring (bicyclic) bond motifs is 1. The van der Waals surface area contributed by atoms with Crippen molar-refractivity contribution in [1.29, 1.82) is 0 Å². The Hall–Kier alpha value is -2.95. The Balaban J connectivity index is 1.35. The third kappa shape index (κ3) is 3.67. The molecule has 5 nitrogen and oxygen atoms in total. The summed E-state index contributed by atoms with van der Waals surface area (Å²) in [4.78, 5) is 16.7. The number of aryl methyl sites for hydroxylation is 2. The minimum atomic E-state index is 0.0196. The minimum absolute atomic E-state index is 0.0196. The molecular weight excluding hydrogens is 326 g/mol. The van der Waals surface area contributed by atoms with Crippen LogP contribution in [-0.4, -0.2) is 16.0 Å². The SMILES string of the molecule is O=C(CCc1nc(-c2ccccc2)no1)N[C@@H]1CCCc2ccccc21. The first-order valence-electron chi connectivity index (χ1n) is 9.05. The lowest BCUT2D eigenvalue weighted by molar-refractivity contribution is -0.122. The fraction of sp³-hybridized carbons (Fsp3) is 0.286. The maximum atomic E-state index is 12.4. The van der Waals surface area contributed by atoms with Crippen LogP contribution >= 0.6 is 0 Å². The van der Waals surface area contributed by atoms with Crippen molar-refractivity contribution < 1.29 is 9.32 Å². The Morgan fingerprint density at radius 1 is 1.12 bits per heavy atom. The van der Waals surface area contributed by atoms with E-state index < -0.39 is 0 Å². The predicted molar refractivity (Wildman–Crippen MR) is 98.3 cm³/mol. The Kier molecular flexibility index (Phi) is 4.78. The molecule has 0 unspecified atom stereocenters. The number of rotatable bonds is 5. The molecule has 0 fully saturated rings. The molecule has 1 heterocycles. The van der Waals surface area contributed by atoms with Gasteiger partial charge in [0.15, 0.2) is 0 Å². The van der Waals surface area contributed by atoms with Crippen molar-refractivity contribution in [3.8, 4) is 11.4 Å². The van der Waals surface area contributed by atoms with E-state index in [0.29, 0.717) is 24.6 Å². The van der Waals surface area contributed by atoms with Gasteiger partial charge in [0.05, 0.1) is 6.04 Å². The molecule has 0 aliphatic heterocycles. The minimum Gasteiger partial charge on any atom is -0.349 e. The van der Waals surface area contributed by atoms with Gasteiger partial charge in [-0.05, 0) is 30.4 Å². The van der Waals surface area contributed by atoms with E-state index in [1.807, 2.05) is 36.4 Å². The normalized spacial score (nSPS) is 16.1. The van der Waals surface area contributed by atoms with E-state index in [9.17, 15) is 4.79 Å². The number of aromatic nitrogens is 2. The summed E-state index contributed by atoms with van der Waals surface area (Å²) in [7, 11) is 0. The van der Waals surface area contributed by atoms with Crippen molar-refractivity contribution >= 4 is 5.91 Å².